The van der Waals surface area contributed by atoms with Crippen molar-refractivity contribution in [3.05, 3.63) is 53.1 Å². The molecule has 0 aliphatic carbocycles. The number of hydrogen-bond donors (Lipinski definition) is 3. The van der Waals surface area contributed by atoms with Crippen LogP contribution < -0.4 is 16.0 Å². The maximum atomic E-state index is 12.5. The van der Waals surface area contributed by atoms with Gasteiger partial charge in [-0.05, 0) is 66.8 Å². The van der Waals surface area contributed by atoms with Crippen LogP contribution >= 0.6 is 0 Å². The second-order valence-corrected chi connectivity index (χ2v) is 6.28. The first-order valence-corrected chi connectivity index (χ1v) is 8.30. The normalized spacial score (nSPS) is 15.6. The predicted molar refractivity (Wildman–Crippen MR) is 94.6 cm³/mol. The van der Waals surface area contributed by atoms with E-state index in [4.69, 9.17) is 0 Å². The quantitative estimate of drug-likeness (QED) is 0.795. The van der Waals surface area contributed by atoms with Gasteiger partial charge in [-0.3, -0.25) is 9.59 Å². The summed E-state index contributed by atoms with van der Waals surface area (Å²) in [5, 5.41) is 9.17. The van der Waals surface area contributed by atoms with E-state index in [1.54, 1.807) is 12.1 Å². The topological polar surface area (TPSA) is 70.2 Å². The Kier molecular flexibility index (Phi) is 3.69. The molecule has 5 heteroatoms. The third-order valence-electron chi connectivity index (χ3n) is 4.56. The van der Waals surface area contributed by atoms with Crippen LogP contribution in [0, 0.1) is 0 Å². The second kappa shape index (κ2) is 6.00. The third-order valence-corrected chi connectivity index (χ3v) is 4.56. The zero-order valence-electron chi connectivity index (χ0n) is 13.3. The van der Waals surface area contributed by atoms with Crippen molar-refractivity contribution in [2.75, 3.05) is 22.5 Å². The fourth-order valence-electron chi connectivity index (χ4n) is 3.28. The van der Waals surface area contributed by atoms with Gasteiger partial charge in [-0.25, -0.2) is 0 Å². The number of aryl methyl sites for hydroxylation is 2. The molecule has 0 bridgehead atoms. The van der Waals surface area contributed by atoms with Gasteiger partial charge in [0.1, 0.15) is 0 Å². The fraction of sp³-hybridized carbons (Fsp3) is 0.263. The zero-order valence-corrected chi connectivity index (χ0v) is 13.3. The molecule has 0 atom stereocenters. The molecular weight excluding hydrogens is 302 g/mol. The number of carbonyl (C=O) groups is 2. The number of carbonyl (C=O) groups excluding carboxylic acids is 2. The van der Waals surface area contributed by atoms with Crippen LogP contribution in [0.25, 0.3) is 0 Å². The molecule has 2 aliphatic heterocycles. The second-order valence-electron chi connectivity index (χ2n) is 6.28. The maximum Gasteiger partial charge on any atom is 0.255 e. The Hall–Kier alpha value is -2.82. The number of anilines is 3. The molecule has 2 heterocycles. The highest BCUT2D eigenvalue weighted by Gasteiger charge is 2.17. The highest BCUT2D eigenvalue weighted by atomic mass is 16.2. The first kappa shape index (κ1) is 14.8. The van der Waals surface area contributed by atoms with Crippen molar-refractivity contribution >= 4 is 28.9 Å². The number of rotatable bonds is 2. The van der Waals surface area contributed by atoms with E-state index in [0.717, 1.165) is 42.0 Å². The molecular formula is C19H19N3O2. The maximum absolute atomic E-state index is 12.5. The molecule has 5 nitrogen and oxygen atoms in total. The summed E-state index contributed by atoms with van der Waals surface area (Å²) in [6.07, 6.45) is 3.29. The third kappa shape index (κ3) is 2.85. The van der Waals surface area contributed by atoms with Crippen molar-refractivity contribution in [1.82, 2.24) is 0 Å². The van der Waals surface area contributed by atoms with Gasteiger partial charge in [-0.1, -0.05) is 0 Å². The van der Waals surface area contributed by atoms with Crippen molar-refractivity contribution in [3.8, 4) is 0 Å². The molecule has 24 heavy (non-hydrogen) atoms. The van der Waals surface area contributed by atoms with Crippen molar-refractivity contribution in [2.45, 2.75) is 25.7 Å². The van der Waals surface area contributed by atoms with Gasteiger partial charge >= 0.3 is 0 Å². The number of hydrogen-bond acceptors (Lipinski definition) is 3. The standard InChI is InChI=1S/C19H19N3O2/c23-18-8-4-13-10-14(3-6-17(13)22-18)19(24)21-15-5-7-16-12(11-15)2-1-9-20-16/h3,5-7,10-11,20H,1-2,4,8-9H2,(H,21,24)(H,22,23). The van der Waals surface area contributed by atoms with Crippen LogP contribution in [-0.2, 0) is 17.6 Å². The highest BCUT2D eigenvalue weighted by molar-refractivity contribution is 6.05. The van der Waals surface area contributed by atoms with Crippen LogP contribution in [0.1, 0.15) is 34.3 Å². The van der Waals surface area contributed by atoms with E-state index in [2.05, 4.69) is 16.0 Å². The Labute approximate surface area is 140 Å². The van der Waals surface area contributed by atoms with E-state index in [9.17, 15) is 9.59 Å². The summed E-state index contributed by atoms with van der Waals surface area (Å²) in [5.74, 6) is -0.0965. The summed E-state index contributed by atoms with van der Waals surface area (Å²) in [5.41, 5.74) is 5.64. The minimum absolute atomic E-state index is 0.0300. The first-order valence-electron chi connectivity index (χ1n) is 8.30. The lowest BCUT2D eigenvalue weighted by molar-refractivity contribution is -0.116. The van der Waals surface area contributed by atoms with Crippen LogP contribution in [0.3, 0.4) is 0 Å². The van der Waals surface area contributed by atoms with Crippen molar-refractivity contribution in [2.24, 2.45) is 0 Å². The molecule has 2 aliphatic rings. The number of fused-ring (bicyclic) bond motifs is 2. The van der Waals surface area contributed by atoms with Crippen LogP contribution in [0.4, 0.5) is 17.1 Å². The van der Waals surface area contributed by atoms with Crippen LogP contribution in [-0.4, -0.2) is 18.4 Å². The van der Waals surface area contributed by atoms with Gasteiger partial charge in [0.25, 0.3) is 5.91 Å². The zero-order chi connectivity index (χ0) is 16.5. The van der Waals surface area contributed by atoms with Crippen molar-refractivity contribution in [1.29, 1.82) is 0 Å². The summed E-state index contributed by atoms with van der Waals surface area (Å²) in [6, 6.07) is 11.4. The van der Waals surface area contributed by atoms with Gasteiger partial charge in [-0.15, -0.1) is 0 Å². The molecule has 2 aromatic carbocycles. The van der Waals surface area contributed by atoms with Gasteiger partial charge in [0.15, 0.2) is 0 Å². The Morgan fingerprint density at radius 2 is 1.79 bits per heavy atom. The van der Waals surface area contributed by atoms with E-state index in [-0.39, 0.29) is 11.8 Å². The lowest BCUT2D eigenvalue weighted by Crippen LogP contribution is -2.20. The van der Waals surface area contributed by atoms with Crippen LogP contribution in [0.5, 0.6) is 0 Å². The van der Waals surface area contributed by atoms with Crippen LogP contribution in [0.2, 0.25) is 0 Å². The molecule has 0 radical (unpaired) electrons. The van der Waals surface area contributed by atoms with Gasteiger partial charge in [0, 0.05) is 35.6 Å². The Bertz CT molecular complexity index is 829. The SMILES string of the molecule is O=C1CCc2cc(C(=O)Nc3ccc4c(c3)CCCN4)ccc2N1. The number of amides is 2. The summed E-state index contributed by atoms with van der Waals surface area (Å²) < 4.78 is 0. The molecule has 0 unspecified atom stereocenters. The van der Waals surface area contributed by atoms with E-state index in [1.165, 1.54) is 5.56 Å². The average Bonchev–Trinajstić information content (AvgIpc) is 2.61. The number of nitrogens with one attached hydrogen (secondary N) is 3. The van der Waals surface area contributed by atoms with E-state index >= 15 is 0 Å². The largest absolute Gasteiger partial charge is 0.385 e. The van der Waals surface area contributed by atoms with Crippen molar-refractivity contribution in [3.63, 3.8) is 0 Å². The molecule has 2 aromatic rings. The lowest BCUT2D eigenvalue weighted by atomic mass is 10.00. The van der Waals surface area contributed by atoms with Gasteiger partial charge in [0.05, 0.1) is 0 Å². The number of benzene rings is 2. The minimum Gasteiger partial charge on any atom is -0.385 e. The van der Waals surface area contributed by atoms with E-state index < -0.39 is 0 Å². The average molecular weight is 321 g/mol. The van der Waals surface area contributed by atoms with Crippen molar-refractivity contribution < 1.29 is 9.59 Å². The van der Waals surface area contributed by atoms with E-state index in [0.29, 0.717) is 18.4 Å². The monoisotopic (exact) mass is 321 g/mol. The molecule has 0 saturated carbocycles. The summed E-state index contributed by atoms with van der Waals surface area (Å²) in [6.45, 7) is 1.00. The fourth-order valence-corrected chi connectivity index (χ4v) is 3.28. The molecule has 4 rings (SSSR count). The van der Waals surface area contributed by atoms with Gasteiger partial charge in [-0.2, -0.15) is 0 Å². The molecule has 0 fully saturated rings. The molecule has 0 saturated heterocycles. The molecule has 2 amide bonds. The minimum atomic E-state index is -0.126. The predicted octanol–water partition coefficient (Wildman–Crippen LogP) is 3.18. The molecule has 0 aromatic heterocycles. The Balaban J connectivity index is 1.53. The first-order chi connectivity index (χ1) is 11.7. The Morgan fingerprint density at radius 1 is 0.958 bits per heavy atom. The molecule has 0 spiro atoms. The lowest BCUT2D eigenvalue weighted by Gasteiger charge is -2.19. The highest BCUT2D eigenvalue weighted by Crippen LogP contribution is 2.26. The van der Waals surface area contributed by atoms with Gasteiger partial charge < -0.3 is 16.0 Å². The summed E-state index contributed by atoms with van der Waals surface area (Å²) in [7, 11) is 0. The molecule has 3 N–H and O–H groups in total. The Morgan fingerprint density at radius 3 is 2.71 bits per heavy atom. The smallest absolute Gasteiger partial charge is 0.255 e. The molecule has 122 valence electrons. The summed E-state index contributed by atoms with van der Waals surface area (Å²) in [4.78, 5) is 23.9. The van der Waals surface area contributed by atoms with E-state index in [1.807, 2.05) is 24.3 Å². The summed E-state index contributed by atoms with van der Waals surface area (Å²) >= 11 is 0. The van der Waals surface area contributed by atoms with Gasteiger partial charge in [0.2, 0.25) is 5.91 Å². The van der Waals surface area contributed by atoms with Crippen LogP contribution in [0.15, 0.2) is 36.4 Å².